The lowest BCUT2D eigenvalue weighted by Crippen LogP contribution is -2.41. The Morgan fingerprint density at radius 2 is 1.79 bits per heavy atom. The number of nitrogens with one attached hydrogen (secondary N) is 1. The van der Waals surface area contributed by atoms with Crippen LogP contribution in [-0.4, -0.2) is 16.8 Å². The van der Waals surface area contributed by atoms with Crippen LogP contribution in [-0.2, 0) is 16.9 Å². The fourth-order valence-electron chi connectivity index (χ4n) is 2.68. The van der Waals surface area contributed by atoms with Crippen LogP contribution in [0.1, 0.15) is 18.1 Å². The second-order valence-corrected chi connectivity index (χ2v) is 6.13. The van der Waals surface area contributed by atoms with Crippen molar-refractivity contribution in [3.05, 3.63) is 70.2 Å². The summed E-state index contributed by atoms with van der Waals surface area (Å²) in [7, 11) is 0. The highest BCUT2D eigenvalue weighted by Gasteiger charge is 2.50. The van der Waals surface area contributed by atoms with Crippen LogP contribution in [0.2, 0.25) is 5.02 Å². The zero-order chi connectivity index (χ0) is 17.5. The van der Waals surface area contributed by atoms with E-state index in [2.05, 4.69) is 5.32 Å². The minimum Gasteiger partial charge on any atom is -0.319 e. The molecule has 0 bridgehead atoms. The van der Waals surface area contributed by atoms with E-state index in [0.717, 1.165) is 23.1 Å². The summed E-state index contributed by atoms with van der Waals surface area (Å²) >= 11 is 5.81. The maximum Gasteiger partial charge on any atom is 0.325 e. The number of amides is 3. The van der Waals surface area contributed by atoms with E-state index in [9.17, 15) is 18.4 Å². The molecule has 0 aromatic heterocycles. The molecular weight excluding hydrogens is 338 g/mol. The van der Waals surface area contributed by atoms with Gasteiger partial charge in [0.15, 0.2) is 0 Å². The van der Waals surface area contributed by atoms with Gasteiger partial charge in [0, 0.05) is 10.6 Å². The summed E-state index contributed by atoms with van der Waals surface area (Å²) in [5.74, 6) is -2.10. The van der Waals surface area contributed by atoms with Crippen molar-refractivity contribution in [3.63, 3.8) is 0 Å². The van der Waals surface area contributed by atoms with Crippen molar-refractivity contribution >= 4 is 23.5 Å². The molecule has 3 amide bonds. The van der Waals surface area contributed by atoms with Crippen LogP contribution in [0.25, 0.3) is 0 Å². The van der Waals surface area contributed by atoms with Gasteiger partial charge >= 0.3 is 6.03 Å². The highest BCUT2D eigenvalue weighted by molar-refractivity contribution is 6.30. The monoisotopic (exact) mass is 350 g/mol. The quantitative estimate of drug-likeness (QED) is 0.860. The molecule has 7 heteroatoms. The first-order valence-corrected chi connectivity index (χ1v) is 7.53. The smallest absolute Gasteiger partial charge is 0.319 e. The van der Waals surface area contributed by atoms with Gasteiger partial charge in [-0.1, -0.05) is 23.7 Å². The summed E-state index contributed by atoms with van der Waals surface area (Å²) < 4.78 is 27.5. The third-order valence-electron chi connectivity index (χ3n) is 4.00. The Morgan fingerprint density at radius 1 is 1.12 bits per heavy atom. The Bertz CT molecular complexity index is 826. The number of carbonyl (C=O) groups is 2. The molecule has 0 spiro atoms. The Balaban J connectivity index is 1.93. The number of carbonyl (C=O) groups excluding carboxylic acids is 2. The lowest BCUT2D eigenvalue weighted by molar-refractivity contribution is -0.131. The number of hydrogen-bond donors (Lipinski definition) is 1. The van der Waals surface area contributed by atoms with E-state index in [1.807, 2.05) is 0 Å². The van der Waals surface area contributed by atoms with Gasteiger partial charge < -0.3 is 5.32 Å². The first kappa shape index (κ1) is 16.4. The summed E-state index contributed by atoms with van der Waals surface area (Å²) in [5, 5.41) is 2.98. The molecule has 2 aromatic rings. The van der Waals surface area contributed by atoms with Gasteiger partial charge in [-0.25, -0.2) is 13.6 Å². The van der Waals surface area contributed by atoms with Gasteiger partial charge in [-0.15, -0.1) is 0 Å². The standard InChI is InChI=1S/C17H13ClF2N2O2/c1-17(13-8-12(19)6-7-14(13)20)15(23)22(16(24)21-17)9-10-2-4-11(18)5-3-10/h2-8H,9H2,1H3,(H,21,24)/t17-/m1/s1. The van der Waals surface area contributed by atoms with Crippen LogP contribution in [0.3, 0.4) is 0 Å². The maximum atomic E-state index is 14.1. The van der Waals surface area contributed by atoms with Crippen molar-refractivity contribution in [1.82, 2.24) is 10.2 Å². The summed E-state index contributed by atoms with van der Waals surface area (Å²) in [6.07, 6.45) is 0. The van der Waals surface area contributed by atoms with E-state index in [1.165, 1.54) is 6.92 Å². The van der Waals surface area contributed by atoms with Gasteiger partial charge in [0.05, 0.1) is 6.54 Å². The summed E-state index contributed by atoms with van der Waals surface area (Å²) in [5.41, 5.74) is -1.18. The average Bonchev–Trinajstić information content (AvgIpc) is 2.76. The molecule has 2 aromatic carbocycles. The topological polar surface area (TPSA) is 49.4 Å². The predicted octanol–water partition coefficient (Wildman–Crippen LogP) is 3.59. The molecule has 1 heterocycles. The molecule has 0 aliphatic carbocycles. The summed E-state index contributed by atoms with van der Waals surface area (Å²) in [4.78, 5) is 25.9. The molecule has 0 saturated carbocycles. The molecule has 1 N–H and O–H groups in total. The van der Waals surface area contributed by atoms with E-state index in [-0.39, 0.29) is 12.1 Å². The van der Waals surface area contributed by atoms with Crippen LogP contribution in [0, 0.1) is 11.6 Å². The van der Waals surface area contributed by atoms with Crippen molar-refractivity contribution in [2.45, 2.75) is 19.0 Å². The van der Waals surface area contributed by atoms with Crippen molar-refractivity contribution < 1.29 is 18.4 Å². The molecule has 1 fully saturated rings. The van der Waals surface area contributed by atoms with Crippen LogP contribution < -0.4 is 5.32 Å². The van der Waals surface area contributed by atoms with Crippen LogP contribution in [0.15, 0.2) is 42.5 Å². The van der Waals surface area contributed by atoms with Crippen molar-refractivity contribution in [2.24, 2.45) is 0 Å². The SMILES string of the molecule is C[C@]1(c2cc(F)ccc2F)NC(=O)N(Cc2ccc(Cl)cc2)C1=O. The average molecular weight is 351 g/mol. The molecule has 0 radical (unpaired) electrons. The molecule has 124 valence electrons. The van der Waals surface area contributed by atoms with Crippen molar-refractivity contribution in [2.75, 3.05) is 0 Å². The lowest BCUT2D eigenvalue weighted by atomic mass is 9.91. The predicted molar refractivity (Wildman–Crippen MR) is 84.2 cm³/mol. The number of nitrogens with zero attached hydrogens (tertiary/aromatic N) is 1. The van der Waals surface area contributed by atoms with E-state index in [1.54, 1.807) is 24.3 Å². The molecular formula is C17H13ClF2N2O2. The lowest BCUT2D eigenvalue weighted by Gasteiger charge is -2.22. The highest BCUT2D eigenvalue weighted by atomic mass is 35.5. The molecule has 1 aliphatic rings. The van der Waals surface area contributed by atoms with Crippen LogP contribution >= 0.6 is 11.6 Å². The third kappa shape index (κ3) is 2.73. The first-order valence-electron chi connectivity index (χ1n) is 7.15. The maximum absolute atomic E-state index is 14.1. The Kier molecular flexibility index (Phi) is 4.01. The number of benzene rings is 2. The molecule has 1 aliphatic heterocycles. The molecule has 1 atom stereocenters. The number of urea groups is 1. The minimum atomic E-state index is -1.66. The van der Waals surface area contributed by atoms with E-state index in [4.69, 9.17) is 11.6 Å². The van der Waals surface area contributed by atoms with Gasteiger partial charge in [-0.2, -0.15) is 0 Å². The van der Waals surface area contributed by atoms with Crippen molar-refractivity contribution in [1.29, 1.82) is 0 Å². The molecule has 0 unspecified atom stereocenters. The fourth-order valence-corrected chi connectivity index (χ4v) is 2.80. The normalized spacial score (nSPS) is 20.4. The van der Waals surface area contributed by atoms with Crippen molar-refractivity contribution in [3.8, 4) is 0 Å². The number of hydrogen-bond acceptors (Lipinski definition) is 2. The van der Waals surface area contributed by atoms with Crippen LogP contribution in [0.4, 0.5) is 13.6 Å². The fraction of sp³-hybridized carbons (Fsp3) is 0.176. The van der Waals surface area contributed by atoms with Gasteiger partial charge in [0.1, 0.15) is 17.2 Å². The zero-order valence-corrected chi connectivity index (χ0v) is 13.4. The number of halogens is 3. The number of rotatable bonds is 3. The molecule has 3 rings (SSSR count). The van der Waals surface area contributed by atoms with Gasteiger partial charge in [0.25, 0.3) is 5.91 Å². The van der Waals surface area contributed by atoms with E-state index in [0.29, 0.717) is 10.6 Å². The Labute approximate surface area is 142 Å². The third-order valence-corrected chi connectivity index (χ3v) is 4.25. The Morgan fingerprint density at radius 3 is 2.46 bits per heavy atom. The summed E-state index contributed by atoms with van der Waals surface area (Å²) in [6, 6.07) is 8.77. The first-order chi connectivity index (χ1) is 11.3. The van der Waals surface area contributed by atoms with Crippen LogP contribution in [0.5, 0.6) is 0 Å². The molecule has 24 heavy (non-hydrogen) atoms. The highest BCUT2D eigenvalue weighted by Crippen LogP contribution is 2.32. The Hall–Kier alpha value is -2.47. The molecule has 4 nitrogen and oxygen atoms in total. The summed E-state index contributed by atoms with van der Waals surface area (Å²) in [6.45, 7) is 1.36. The largest absolute Gasteiger partial charge is 0.325 e. The number of imide groups is 1. The second kappa shape index (κ2) is 5.87. The molecule has 1 saturated heterocycles. The van der Waals surface area contributed by atoms with E-state index >= 15 is 0 Å². The van der Waals surface area contributed by atoms with Gasteiger partial charge in [0.2, 0.25) is 0 Å². The van der Waals surface area contributed by atoms with Gasteiger partial charge in [-0.05, 0) is 42.8 Å². The minimum absolute atomic E-state index is 0.00829. The second-order valence-electron chi connectivity index (χ2n) is 5.70. The van der Waals surface area contributed by atoms with E-state index < -0.39 is 29.1 Å². The zero-order valence-electron chi connectivity index (χ0n) is 12.6. The van der Waals surface area contributed by atoms with Gasteiger partial charge in [-0.3, -0.25) is 9.69 Å².